The minimum Gasteiger partial charge on any atom is -0.350 e. The fourth-order valence-corrected chi connectivity index (χ4v) is 5.07. The van der Waals surface area contributed by atoms with Crippen molar-refractivity contribution < 1.29 is 18.0 Å². The van der Waals surface area contributed by atoms with Crippen molar-refractivity contribution in [2.45, 2.75) is 72.5 Å². The molecular weight excluding hydrogens is 498 g/mol. The number of hydrogen-bond acceptors (Lipinski definition) is 4. The fourth-order valence-electron chi connectivity index (χ4n) is 3.86. The molecule has 0 heterocycles. The summed E-state index contributed by atoms with van der Waals surface area (Å²) in [5.41, 5.74) is 2.75. The van der Waals surface area contributed by atoms with Gasteiger partial charge in [-0.1, -0.05) is 41.9 Å². The van der Waals surface area contributed by atoms with Crippen LogP contribution < -0.4 is 9.62 Å². The third kappa shape index (κ3) is 8.23. The summed E-state index contributed by atoms with van der Waals surface area (Å²) in [5, 5.41) is 3.44. The van der Waals surface area contributed by atoms with E-state index in [0.717, 1.165) is 16.7 Å². The first-order valence-corrected chi connectivity index (χ1v) is 14.2. The van der Waals surface area contributed by atoms with Crippen LogP contribution in [-0.2, 0) is 26.2 Å². The smallest absolute Gasteiger partial charge is 0.242 e. The Balaban J connectivity index is 2.24. The van der Waals surface area contributed by atoms with E-state index in [1.165, 1.54) is 15.5 Å². The van der Waals surface area contributed by atoms with E-state index in [9.17, 15) is 18.0 Å². The zero-order valence-electron chi connectivity index (χ0n) is 22.3. The Morgan fingerprint density at radius 2 is 1.69 bits per heavy atom. The number of carbonyl (C=O) groups is 2. The van der Waals surface area contributed by atoms with Gasteiger partial charge in [-0.25, -0.2) is 8.42 Å². The van der Waals surface area contributed by atoms with Crippen LogP contribution in [0, 0.1) is 13.8 Å². The lowest BCUT2D eigenvalue weighted by Crippen LogP contribution is -2.52. The largest absolute Gasteiger partial charge is 0.350 e. The number of rotatable bonds is 10. The van der Waals surface area contributed by atoms with Gasteiger partial charge in [0, 0.05) is 30.1 Å². The van der Waals surface area contributed by atoms with Crippen LogP contribution in [0.4, 0.5) is 5.69 Å². The number of amides is 2. The monoisotopic (exact) mass is 535 g/mol. The van der Waals surface area contributed by atoms with Gasteiger partial charge in [-0.3, -0.25) is 13.9 Å². The maximum Gasteiger partial charge on any atom is 0.242 e. The molecule has 198 valence electrons. The molecule has 0 unspecified atom stereocenters. The molecule has 0 saturated heterocycles. The van der Waals surface area contributed by atoms with Crippen LogP contribution in [0.5, 0.6) is 0 Å². The zero-order valence-corrected chi connectivity index (χ0v) is 23.8. The molecule has 0 saturated carbocycles. The molecule has 1 atom stereocenters. The van der Waals surface area contributed by atoms with Crippen molar-refractivity contribution >= 4 is 39.1 Å². The van der Waals surface area contributed by atoms with E-state index >= 15 is 0 Å². The molecule has 1 N–H and O–H groups in total. The summed E-state index contributed by atoms with van der Waals surface area (Å²) in [5.74, 6) is -0.517. The van der Waals surface area contributed by atoms with Gasteiger partial charge in [0.25, 0.3) is 0 Å². The van der Waals surface area contributed by atoms with Crippen molar-refractivity contribution in [3.8, 4) is 0 Å². The molecule has 0 radical (unpaired) electrons. The van der Waals surface area contributed by atoms with Gasteiger partial charge >= 0.3 is 0 Å². The highest BCUT2D eigenvalue weighted by molar-refractivity contribution is 7.92. The Morgan fingerprint density at radius 3 is 2.28 bits per heavy atom. The summed E-state index contributed by atoms with van der Waals surface area (Å²) >= 11 is 6.34. The normalized spacial score (nSPS) is 12.7. The maximum absolute atomic E-state index is 13.4. The molecule has 0 spiro atoms. The fraction of sp³-hybridized carbons (Fsp3) is 0.481. The van der Waals surface area contributed by atoms with Crippen molar-refractivity contribution in [1.29, 1.82) is 0 Å². The minimum atomic E-state index is -3.55. The number of benzene rings is 2. The Bertz CT molecular complexity index is 1190. The summed E-state index contributed by atoms with van der Waals surface area (Å²) < 4.78 is 26.5. The van der Waals surface area contributed by atoms with Crippen LogP contribution in [0.2, 0.25) is 5.02 Å². The van der Waals surface area contributed by atoms with Gasteiger partial charge in [0.2, 0.25) is 21.8 Å². The molecule has 0 bridgehead atoms. The molecule has 0 aliphatic rings. The van der Waals surface area contributed by atoms with Gasteiger partial charge in [0.1, 0.15) is 6.04 Å². The van der Waals surface area contributed by atoms with Crippen molar-refractivity contribution in [3.63, 3.8) is 0 Å². The Kier molecular flexibility index (Phi) is 9.97. The molecule has 2 amide bonds. The molecule has 7 nitrogen and oxygen atoms in total. The summed E-state index contributed by atoms with van der Waals surface area (Å²) in [4.78, 5) is 27.8. The van der Waals surface area contributed by atoms with Crippen LogP contribution in [0.15, 0.2) is 42.5 Å². The number of nitrogens with one attached hydrogen (secondary N) is 1. The molecule has 2 rings (SSSR count). The van der Waals surface area contributed by atoms with Gasteiger partial charge in [-0.15, -0.1) is 0 Å². The van der Waals surface area contributed by atoms with E-state index in [1.54, 1.807) is 25.1 Å². The number of aryl methyl sites for hydroxylation is 1. The molecular formula is C27H38ClN3O4S. The highest BCUT2D eigenvalue weighted by Crippen LogP contribution is 2.26. The number of carbonyl (C=O) groups excluding carboxylic acids is 2. The van der Waals surface area contributed by atoms with Crippen LogP contribution in [0.1, 0.15) is 57.2 Å². The van der Waals surface area contributed by atoms with E-state index in [0.29, 0.717) is 17.1 Å². The molecule has 9 heteroatoms. The summed E-state index contributed by atoms with van der Waals surface area (Å²) in [6.45, 7) is 11.5. The van der Waals surface area contributed by atoms with E-state index in [4.69, 9.17) is 11.6 Å². The highest BCUT2D eigenvalue weighted by atomic mass is 35.5. The Morgan fingerprint density at radius 1 is 1.06 bits per heavy atom. The van der Waals surface area contributed by atoms with Gasteiger partial charge in [0.05, 0.1) is 11.9 Å². The van der Waals surface area contributed by atoms with Crippen molar-refractivity contribution in [3.05, 3.63) is 64.2 Å². The zero-order chi connectivity index (χ0) is 27.3. The van der Waals surface area contributed by atoms with Gasteiger partial charge < -0.3 is 10.2 Å². The van der Waals surface area contributed by atoms with Crippen molar-refractivity contribution in [1.82, 2.24) is 10.2 Å². The number of nitrogens with zero attached hydrogens (tertiary/aromatic N) is 2. The predicted molar refractivity (Wildman–Crippen MR) is 147 cm³/mol. The number of anilines is 1. The molecule has 36 heavy (non-hydrogen) atoms. The molecule has 0 aromatic heterocycles. The van der Waals surface area contributed by atoms with Crippen LogP contribution in [-0.4, -0.2) is 49.5 Å². The minimum absolute atomic E-state index is 0.0779. The van der Waals surface area contributed by atoms with E-state index < -0.39 is 21.6 Å². The lowest BCUT2D eigenvalue weighted by molar-refractivity contribution is -0.141. The maximum atomic E-state index is 13.4. The third-order valence-corrected chi connectivity index (χ3v) is 7.51. The molecule has 0 aliphatic heterocycles. The van der Waals surface area contributed by atoms with Gasteiger partial charge in [-0.05, 0) is 76.8 Å². The second-order valence-corrected chi connectivity index (χ2v) is 12.5. The van der Waals surface area contributed by atoms with Gasteiger partial charge in [0.15, 0.2) is 0 Å². The number of hydrogen-bond donors (Lipinski definition) is 1. The van der Waals surface area contributed by atoms with Gasteiger partial charge in [-0.2, -0.15) is 0 Å². The lowest BCUT2D eigenvalue weighted by Gasteiger charge is -2.32. The molecule has 0 aliphatic carbocycles. The van der Waals surface area contributed by atoms with Crippen LogP contribution >= 0.6 is 11.6 Å². The third-order valence-electron chi connectivity index (χ3n) is 5.96. The summed E-state index contributed by atoms with van der Waals surface area (Å²) in [7, 11) is -3.55. The van der Waals surface area contributed by atoms with E-state index in [-0.39, 0.29) is 31.3 Å². The first kappa shape index (κ1) is 29.6. The Hall–Kier alpha value is -2.58. The van der Waals surface area contributed by atoms with E-state index in [2.05, 4.69) is 5.32 Å². The molecule has 2 aromatic carbocycles. The van der Waals surface area contributed by atoms with Crippen LogP contribution in [0.25, 0.3) is 0 Å². The Labute approximate surface area is 220 Å². The molecule has 0 fully saturated rings. The number of halogens is 1. The first-order chi connectivity index (χ1) is 16.6. The average Bonchev–Trinajstić information content (AvgIpc) is 2.76. The summed E-state index contributed by atoms with van der Waals surface area (Å²) in [6.07, 6.45) is 1.54. The predicted octanol–water partition coefficient (Wildman–Crippen LogP) is 4.84. The van der Waals surface area contributed by atoms with Crippen molar-refractivity contribution in [2.24, 2.45) is 0 Å². The quantitative estimate of drug-likeness (QED) is 0.472. The van der Waals surface area contributed by atoms with Crippen LogP contribution in [0.3, 0.4) is 0 Å². The van der Waals surface area contributed by atoms with E-state index in [1.807, 2.05) is 58.9 Å². The topological polar surface area (TPSA) is 86.8 Å². The highest BCUT2D eigenvalue weighted by Gasteiger charge is 2.29. The lowest BCUT2D eigenvalue weighted by atomic mass is 10.1. The second kappa shape index (κ2) is 12.1. The SMILES string of the molecule is Cc1cccc(N(CCCC(=O)N(Cc2ccccc2Cl)[C@H](C)C(=O)NC(C)(C)C)S(C)(=O)=O)c1C. The second-order valence-electron chi connectivity index (χ2n) is 10.2. The first-order valence-electron chi connectivity index (χ1n) is 12.0. The number of sulfonamides is 1. The van der Waals surface area contributed by atoms with Crippen molar-refractivity contribution in [2.75, 3.05) is 17.1 Å². The summed E-state index contributed by atoms with van der Waals surface area (Å²) in [6, 6.07) is 12.0. The molecule has 2 aromatic rings. The standard InChI is InChI=1S/C27H38ClN3O4S/c1-19-12-10-15-24(20(19)2)31(36(7,34)35)17-11-16-25(32)30(18-22-13-8-9-14-23(22)28)21(3)26(33)29-27(4,5)6/h8-10,12-15,21H,11,16-18H2,1-7H3,(H,29,33)/t21-/m1/s1. The average molecular weight is 536 g/mol.